The Morgan fingerprint density at radius 3 is 2.80 bits per heavy atom. The fourth-order valence-electron chi connectivity index (χ4n) is 4.39. The van der Waals surface area contributed by atoms with Gasteiger partial charge < -0.3 is 21.1 Å². The number of ether oxygens (including phenoxy) is 1. The molecule has 2 aliphatic heterocycles. The molecule has 2 aromatic carbocycles. The SMILES string of the molecule is Cc1c(-c2cc(N)c3c(c2)NC(N)(c2ccc(CS(C)(=O)=O)cc2F)N=C3)cnc2c1NCCO2. The van der Waals surface area contributed by atoms with E-state index in [4.69, 9.17) is 16.2 Å². The Labute approximate surface area is 202 Å². The molecule has 35 heavy (non-hydrogen) atoms. The molecule has 0 bridgehead atoms. The maximum Gasteiger partial charge on any atom is 0.237 e. The quantitative estimate of drug-likeness (QED) is 0.404. The minimum Gasteiger partial charge on any atom is -0.474 e. The molecule has 1 atom stereocenters. The van der Waals surface area contributed by atoms with E-state index in [9.17, 15) is 8.42 Å². The van der Waals surface area contributed by atoms with E-state index in [-0.39, 0.29) is 11.3 Å². The van der Waals surface area contributed by atoms with Crippen molar-refractivity contribution in [3.63, 3.8) is 0 Å². The van der Waals surface area contributed by atoms with Gasteiger partial charge in [0.2, 0.25) is 11.7 Å². The van der Waals surface area contributed by atoms with Crippen molar-refractivity contribution < 1.29 is 17.5 Å². The second-order valence-corrected chi connectivity index (χ2v) is 11.0. The number of rotatable bonds is 4. The predicted octanol–water partition coefficient (Wildman–Crippen LogP) is 2.74. The van der Waals surface area contributed by atoms with Gasteiger partial charge in [-0.3, -0.25) is 5.73 Å². The molecule has 11 heteroatoms. The molecule has 3 aromatic rings. The summed E-state index contributed by atoms with van der Waals surface area (Å²) in [6, 6.07) is 7.84. The fraction of sp³-hybridized carbons (Fsp3) is 0.250. The Morgan fingerprint density at radius 1 is 1.26 bits per heavy atom. The second-order valence-electron chi connectivity index (χ2n) is 8.81. The molecule has 0 saturated carbocycles. The number of nitrogens with zero attached hydrogens (tertiary/aromatic N) is 2. The first-order valence-electron chi connectivity index (χ1n) is 10.9. The third-order valence-corrected chi connectivity index (χ3v) is 6.92. The molecule has 0 fully saturated rings. The lowest BCUT2D eigenvalue weighted by Crippen LogP contribution is -2.45. The van der Waals surface area contributed by atoms with Crippen LogP contribution < -0.4 is 26.8 Å². The molecule has 0 spiro atoms. The highest BCUT2D eigenvalue weighted by atomic mass is 32.2. The maximum absolute atomic E-state index is 15.0. The smallest absolute Gasteiger partial charge is 0.237 e. The first-order valence-corrected chi connectivity index (χ1v) is 13.0. The number of fused-ring (bicyclic) bond motifs is 2. The number of sulfone groups is 1. The molecule has 5 rings (SSSR count). The molecule has 182 valence electrons. The number of nitrogens with one attached hydrogen (secondary N) is 2. The van der Waals surface area contributed by atoms with Gasteiger partial charge in [-0.2, -0.15) is 0 Å². The van der Waals surface area contributed by atoms with Gasteiger partial charge in [0.25, 0.3) is 0 Å². The van der Waals surface area contributed by atoms with Crippen molar-refractivity contribution in [3.05, 3.63) is 64.6 Å². The van der Waals surface area contributed by atoms with Gasteiger partial charge in [0.15, 0.2) is 9.84 Å². The number of halogens is 1. The Balaban J connectivity index is 1.52. The Morgan fingerprint density at radius 2 is 2.06 bits per heavy atom. The van der Waals surface area contributed by atoms with E-state index < -0.39 is 21.4 Å². The Kier molecular flexibility index (Phi) is 5.41. The van der Waals surface area contributed by atoms with E-state index in [1.807, 2.05) is 19.1 Å². The number of pyridine rings is 1. The Bertz CT molecular complexity index is 1490. The van der Waals surface area contributed by atoms with Crippen molar-refractivity contribution in [2.75, 3.05) is 35.8 Å². The first-order chi connectivity index (χ1) is 16.5. The third kappa shape index (κ3) is 4.28. The summed E-state index contributed by atoms with van der Waals surface area (Å²) in [6.07, 6.45) is 4.34. The first kappa shape index (κ1) is 23.1. The van der Waals surface area contributed by atoms with Crippen LogP contribution in [0.5, 0.6) is 5.88 Å². The van der Waals surface area contributed by atoms with E-state index in [2.05, 4.69) is 20.6 Å². The summed E-state index contributed by atoms with van der Waals surface area (Å²) >= 11 is 0. The minimum atomic E-state index is -3.31. The molecule has 0 aliphatic carbocycles. The molecule has 0 radical (unpaired) electrons. The summed E-state index contributed by atoms with van der Waals surface area (Å²) < 4.78 is 43.8. The van der Waals surface area contributed by atoms with E-state index in [0.717, 1.165) is 28.6 Å². The highest BCUT2D eigenvalue weighted by Crippen LogP contribution is 2.40. The molecular weight excluding hydrogens is 471 g/mol. The number of nitrogen functional groups attached to an aromatic ring is 1. The van der Waals surface area contributed by atoms with Gasteiger partial charge in [-0.25, -0.2) is 22.8 Å². The van der Waals surface area contributed by atoms with Crippen LogP contribution in [0.2, 0.25) is 0 Å². The summed E-state index contributed by atoms with van der Waals surface area (Å²) in [5.41, 5.74) is 18.4. The summed E-state index contributed by atoms with van der Waals surface area (Å²) in [6.45, 7) is 3.22. The lowest BCUT2D eigenvalue weighted by molar-refractivity contribution is 0.310. The monoisotopic (exact) mass is 496 g/mol. The summed E-state index contributed by atoms with van der Waals surface area (Å²) in [7, 11) is -3.31. The van der Waals surface area contributed by atoms with Crippen LogP contribution in [-0.4, -0.2) is 39.0 Å². The van der Waals surface area contributed by atoms with Gasteiger partial charge in [0.05, 0.1) is 11.3 Å². The largest absolute Gasteiger partial charge is 0.474 e. The number of nitrogens with two attached hydrogens (primary N) is 2. The van der Waals surface area contributed by atoms with E-state index in [1.54, 1.807) is 6.20 Å². The Hall–Kier alpha value is -3.70. The van der Waals surface area contributed by atoms with Crippen LogP contribution in [0.15, 0.2) is 41.5 Å². The number of anilines is 3. The van der Waals surface area contributed by atoms with Gasteiger partial charge in [0, 0.05) is 47.7 Å². The van der Waals surface area contributed by atoms with Crippen LogP contribution in [0.3, 0.4) is 0 Å². The molecule has 2 aliphatic rings. The zero-order valence-electron chi connectivity index (χ0n) is 19.2. The van der Waals surface area contributed by atoms with Crippen LogP contribution in [0.4, 0.5) is 21.5 Å². The standard InChI is InChI=1S/C24H25FN6O3S/c1-13-16(10-29-23-22(13)28-5-6-34-23)15-8-20(26)17-11-30-24(27,31-21(17)9-15)18-4-3-14(7-19(18)25)12-35(2,32)33/h3-4,7-11,28,31H,5-6,12,26-27H2,1-2H3. The van der Waals surface area contributed by atoms with Gasteiger partial charge in [-0.15, -0.1) is 0 Å². The van der Waals surface area contributed by atoms with Crippen molar-refractivity contribution in [1.29, 1.82) is 0 Å². The highest BCUT2D eigenvalue weighted by molar-refractivity contribution is 7.89. The number of hydrogen-bond donors (Lipinski definition) is 4. The van der Waals surface area contributed by atoms with Gasteiger partial charge in [-0.05, 0) is 41.8 Å². The number of hydrogen-bond acceptors (Lipinski definition) is 9. The number of aromatic nitrogens is 1. The van der Waals surface area contributed by atoms with Crippen molar-refractivity contribution >= 4 is 33.1 Å². The van der Waals surface area contributed by atoms with Crippen molar-refractivity contribution in [1.82, 2.24) is 4.98 Å². The van der Waals surface area contributed by atoms with Gasteiger partial charge >= 0.3 is 0 Å². The molecule has 0 saturated heterocycles. The molecule has 1 unspecified atom stereocenters. The van der Waals surface area contributed by atoms with Crippen LogP contribution in [0.1, 0.15) is 22.3 Å². The average Bonchev–Trinajstić information content (AvgIpc) is 2.78. The van der Waals surface area contributed by atoms with Crippen molar-refractivity contribution in [2.24, 2.45) is 10.7 Å². The second kappa shape index (κ2) is 8.21. The normalized spacial score (nSPS) is 18.6. The van der Waals surface area contributed by atoms with E-state index in [0.29, 0.717) is 41.5 Å². The third-order valence-electron chi connectivity index (χ3n) is 6.06. The fourth-order valence-corrected chi connectivity index (χ4v) is 5.18. The van der Waals surface area contributed by atoms with Gasteiger partial charge in [0.1, 0.15) is 18.1 Å². The summed E-state index contributed by atoms with van der Waals surface area (Å²) in [5.74, 6) is -1.98. The summed E-state index contributed by atoms with van der Waals surface area (Å²) in [4.78, 5) is 8.77. The average molecular weight is 497 g/mol. The van der Waals surface area contributed by atoms with Crippen molar-refractivity contribution in [3.8, 4) is 17.0 Å². The van der Waals surface area contributed by atoms with Crippen LogP contribution in [-0.2, 0) is 21.4 Å². The maximum atomic E-state index is 15.0. The van der Waals surface area contributed by atoms with Crippen LogP contribution >= 0.6 is 0 Å². The molecule has 6 N–H and O–H groups in total. The van der Waals surface area contributed by atoms with E-state index in [1.165, 1.54) is 24.4 Å². The predicted molar refractivity (Wildman–Crippen MR) is 135 cm³/mol. The topological polar surface area (TPSA) is 145 Å². The lowest BCUT2D eigenvalue weighted by atomic mass is 9.96. The molecule has 3 heterocycles. The van der Waals surface area contributed by atoms with Crippen LogP contribution in [0, 0.1) is 12.7 Å². The molecule has 1 aromatic heterocycles. The summed E-state index contributed by atoms with van der Waals surface area (Å²) in [5, 5.41) is 6.43. The minimum absolute atomic E-state index is 0.0774. The zero-order chi connectivity index (χ0) is 25.0. The molecular formula is C24H25FN6O3S. The molecule has 9 nitrogen and oxygen atoms in total. The van der Waals surface area contributed by atoms with Crippen molar-refractivity contribution in [2.45, 2.75) is 18.5 Å². The van der Waals surface area contributed by atoms with Crippen LogP contribution in [0.25, 0.3) is 11.1 Å². The lowest BCUT2D eigenvalue weighted by Gasteiger charge is -2.33. The highest BCUT2D eigenvalue weighted by Gasteiger charge is 2.33. The molecule has 0 amide bonds. The number of benzene rings is 2. The van der Waals surface area contributed by atoms with E-state index >= 15 is 4.39 Å². The number of aliphatic imine (C=N–C) groups is 1. The zero-order valence-corrected chi connectivity index (χ0v) is 20.0. The van der Waals surface area contributed by atoms with Gasteiger partial charge in [-0.1, -0.05) is 12.1 Å².